The van der Waals surface area contributed by atoms with Crippen molar-refractivity contribution in [1.82, 2.24) is 10.2 Å². The summed E-state index contributed by atoms with van der Waals surface area (Å²) in [5.41, 5.74) is -1.46. The van der Waals surface area contributed by atoms with Crippen LogP contribution in [0, 0.1) is 0 Å². The van der Waals surface area contributed by atoms with Gasteiger partial charge in [-0.15, -0.1) is 0 Å². The number of nitrogens with one attached hydrogen (secondary N) is 2. The van der Waals surface area contributed by atoms with E-state index in [1.165, 1.54) is 6.92 Å². The summed E-state index contributed by atoms with van der Waals surface area (Å²) in [6.07, 6.45) is -4.48. The highest BCUT2D eigenvalue weighted by molar-refractivity contribution is 6.10. The smallest absolute Gasteiger partial charge is 0.325 e. The molecule has 1 atom stereocenters. The molecule has 2 aromatic carbocycles. The van der Waals surface area contributed by atoms with Gasteiger partial charge in [0.05, 0.1) is 5.56 Å². The normalized spacial score (nSPS) is 19.5. The summed E-state index contributed by atoms with van der Waals surface area (Å²) < 4.78 is 37.7. The quantitative estimate of drug-likeness (QED) is 0.787. The van der Waals surface area contributed by atoms with Crippen molar-refractivity contribution in [2.75, 3.05) is 11.9 Å². The van der Waals surface area contributed by atoms with E-state index in [0.29, 0.717) is 5.56 Å². The lowest BCUT2D eigenvalue weighted by Gasteiger charge is -2.22. The Morgan fingerprint density at radius 1 is 1.07 bits per heavy atom. The maximum absolute atomic E-state index is 12.7. The molecule has 1 saturated heterocycles. The Kier molecular flexibility index (Phi) is 4.84. The van der Waals surface area contributed by atoms with Crippen LogP contribution in [0.1, 0.15) is 18.1 Å². The number of imide groups is 1. The third-order valence-electron chi connectivity index (χ3n) is 4.42. The topological polar surface area (TPSA) is 78.5 Å². The van der Waals surface area contributed by atoms with E-state index in [1.54, 1.807) is 30.3 Å². The summed E-state index contributed by atoms with van der Waals surface area (Å²) in [7, 11) is 0. The maximum atomic E-state index is 12.7. The van der Waals surface area contributed by atoms with Crippen molar-refractivity contribution in [3.63, 3.8) is 0 Å². The molecule has 2 N–H and O–H groups in total. The Morgan fingerprint density at radius 2 is 1.68 bits per heavy atom. The number of halogens is 3. The minimum absolute atomic E-state index is 0.121. The highest BCUT2D eigenvalue weighted by Gasteiger charge is 2.49. The second-order valence-corrected chi connectivity index (χ2v) is 6.44. The van der Waals surface area contributed by atoms with E-state index in [0.717, 1.165) is 29.2 Å². The van der Waals surface area contributed by atoms with E-state index in [-0.39, 0.29) is 5.69 Å². The zero-order chi connectivity index (χ0) is 20.5. The van der Waals surface area contributed by atoms with Gasteiger partial charge in [-0.25, -0.2) is 4.79 Å². The fourth-order valence-corrected chi connectivity index (χ4v) is 2.89. The molecule has 1 fully saturated rings. The summed E-state index contributed by atoms with van der Waals surface area (Å²) in [4.78, 5) is 37.9. The first-order valence-corrected chi connectivity index (χ1v) is 8.28. The third kappa shape index (κ3) is 3.68. The number of carbonyl (C=O) groups excluding carboxylic acids is 3. The largest absolute Gasteiger partial charge is 0.416 e. The SMILES string of the molecule is CC1(c2ccccc2)NC(=O)N(CC(=O)Nc2ccc(C(F)(F)F)cc2)C1=O. The van der Waals surface area contributed by atoms with Gasteiger partial charge in [0.2, 0.25) is 5.91 Å². The molecule has 28 heavy (non-hydrogen) atoms. The van der Waals surface area contributed by atoms with Gasteiger partial charge in [0.15, 0.2) is 0 Å². The van der Waals surface area contributed by atoms with Crippen LogP contribution in [0.2, 0.25) is 0 Å². The number of rotatable bonds is 4. The Labute approximate surface area is 158 Å². The second kappa shape index (κ2) is 6.99. The Hall–Kier alpha value is -3.36. The fraction of sp³-hybridized carbons (Fsp3) is 0.211. The standard InChI is InChI=1S/C19H16F3N3O3/c1-18(12-5-3-2-4-6-12)16(27)25(17(28)24-18)11-15(26)23-14-9-7-13(8-10-14)19(20,21)22/h2-10H,11H2,1H3,(H,23,26)(H,24,28). The number of hydrogen-bond donors (Lipinski definition) is 2. The van der Waals surface area contributed by atoms with Crippen molar-refractivity contribution in [2.24, 2.45) is 0 Å². The zero-order valence-electron chi connectivity index (χ0n) is 14.7. The molecule has 2 aromatic rings. The lowest BCUT2D eigenvalue weighted by molar-refractivity contribution is -0.137. The second-order valence-electron chi connectivity index (χ2n) is 6.44. The van der Waals surface area contributed by atoms with Crippen LogP contribution in [0.3, 0.4) is 0 Å². The van der Waals surface area contributed by atoms with Crippen LogP contribution in [0.15, 0.2) is 54.6 Å². The van der Waals surface area contributed by atoms with Gasteiger partial charge in [0, 0.05) is 5.69 Å². The molecule has 0 aliphatic carbocycles. The molecular weight excluding hydrogens is 375 g/mol. The number of urea groups is 1. The molecule has 0 aromatic heterocycles. The molecule has 0 spiro atoms. The van der Waals surface area contributed by atoms with Crippen molar-refractivity contribution >= 4 is 23.5 Å². The number of anilines is 1. The summed E-state index contributed by atoms with van der Waals surface area (Å²) >= 11 is 0. The number of hydrogen-bond acceptors (Lipinski definition) is 3. The average molecular weight is 391 g/mol. The predicted octanol–water partition coefficient (Wildman–Crippen LogP) is 3.11. The first-order chi connectivity index (χ1) is 13.1. The lowest BCUT2D eigenvalue weighted by Crippen LogP contribution is -2.42. The number of alkyl halides is 3. The number of amides is 4. The highest BCUT2D eigenvalue weighted by Crippen LogP contribution is 2.30. The van der Waals surface area contributed by atoms with Gasteiger partial charge in [0.1, 0.15) is 12.1 Å². The predicted molar refractivity (Wildman–Crippen MR) is 94.1 cm³/mol. The van der Waals surface area contributed by atoms with Gasteiger partial charge < -0.3 is 10.6 Å². The van der Waals surface area contributed by atoms with E-state index in [9.17, 15) is 27.6 Å². The molecule has 0 bridgehead atoms. The van der Waals surface area contributed by atoms with E-state index >= 15 is 0 Å². The average Bonchev–Trinajstić information content (AvgIpc) is 2.86. The molecule has 1 unspecified atom stereocenters. The zero-order valence-corrected chi connectivity index (χ0v) is 14.7. The summed E-state index contributed by atoms with van der Waals surface area (Å²) in [5, 5.41) is 4.95. The van der Waals surface area contributed by atoms with Crippen LogP contribution in [-0.4, -0.2) is 29.3 Å². The van der Waals surface area contributed by atoms with E-state index < -0.39 is 41.7 Å². The van der Waals surface area contributed by atoms with E-state index in [4.69, 9.17) is 0 Å². The number of benzene rings is 2. The molecule has 1 aliphatic heterocycles. The first kappa shape index (κ1) is 19.4. The van der Waals surface area contributed by atoms with E-state index in [1.807, 2.05) is 0 Å². The van der Waals surface area contributed by atoms with Crippen LogP contribution in [-0.2, 0) is 21.3 Å². The van der Waals surface area contributed by atoms with Crippen molar-refractivity contribution in [3.8, 4) is 0 Å². The van der Waals surface area contributed by atoms with Gasteiger partial charge in [-0.05, 0) is 36.8 Å². The minimum Gasteiger partial charge on any atom is -0.325 e. The number of carbonyl (C=O) groups is 3. The van der Waals surface area contributed by atoms with E-state index in [2.05, 4.69) is 10.6 Å². The molecule has 6 nitrogen and oxygen atoms in total. The monoisotopic (exact) mass is 391 g/mol. The van der Waals surface area contributed by atoms with Crippen LogP contribution in [0.5, 0.6) is 0 Å². The molecule has 0 radical (unpaired) electrons. The first-order valence-electron chi connectivity index (χ1n) is 8.28. The van der Waals surface area contributed by atoms with Crippen LogP contribution >= 0.6 is 0 Å². The third-order valence-corrected chi connectivity index (χ3v) is 4.42. The van der Waals surface area contributed by atoms with Crippen LogP contribution in [0.25, 0.3) is 0 Å². The van der Waals surface area contributed by atoms with Crippen molar-refractivity contribution in [2.45, 2.75) is 18.6 Å². The van der Waals surface area contributed by atoms with Crippen LogP contribution < -0.4 is 10.6 Å². The van der Waals surface area contributed by atoms with Crippen LogP contribution in [0.4, 0.5) is 23.7 Å². The Bertz CT molecular complexity index is 914. The molecular formula is C19H16F3N3O3. The van der Waals surface area contributed by atoms with Crippen molar-refractivity contribution in [3.05, 3.63) is 65.7 Å². The van der Waals surface area contributed by atoms with Crippen molar-refractivity contribution in [1.29, 1.82) is 0 Å². The summed E-state index contributed by atoms with van der Waals surface area (Å²) in [6.45, 7) is 0.977. The maximum Gasteiger partial charge on any atom is 0.416 e. The molecule has 146 valence electrons. The van der Waals surface area contributed by atoms with Gasteiger partial charge >= 0.3 is 12.2 Å². The van der Waals surface area contributed by atoms with Gasteiger partial charge in [-0.2, -0.15) is 13.2 Å². The molecule has 3 rings (SSSR count). The van der Waals surface area contributed by atoms with Crippen molar-refractivity contribution < 1.29 is 27.6 Å². The van der Waals surface area contributed by atoms with Gasteiger partial charge in [-0.1, -0.05) is 30.3 Å². The Morgan fingerprint density at radius 3 is 2.25 bits per heavy atom. The Balaban J connectivity index is 1.69. The molecule has 9 heteroatoms. The minimum atomic E-state index is -4.48. The molecule has 1 heterocycles. The van der Waals surface area contributed by atoms with Gasteiger partial charge in [-0.3, -0.25) is 14.5 Å². The molecule has 4 amide bonds. The molecule has 0 saturated carbocycles. The molecule has 1 aliphatic rings. The summed E-state index contributed by atoms with van der Waals surface area (Å²) in [5.74, 6) is -1.30. The lowest BCUT2D eigenvalue weighted by atomic mass is 9.92. The van der Waals surface area contributed by atoms with Gasteiger partial charge in [0.25, 0.3) is 5.91 Å². The number of nitrogens with zero attached hydrogens (tertiary/aromatic N) is 1. The fourth-order valence-electron chi connectivity index (χ4n) is 2.89. The summed E-state index contributed by atoms with van der Waals surface area (Å²) in [6, 6.07) is 11.7. The highest BCUT2D eigenvalue weighted by atomic mass is 19.4.